The summed E-state index contributed by atoms with van der Waals surface area (Å²) in [7, 11) is 0. The molecule has 2 nitrogen and oxygen atoms in total. The molecule has 1 aliphatic carbocycles. The molecule has 22 heavy (non-hydrogen) atoms. The second-order valence-electron chi connectivity index (χ2n) is 6.73. The molecule has 0 spiro atoms. The number of halogens is 2. The van der Waals surface area contributed by atoms with Crippen molar-refractivity contribution in [1.82, 2.24) is 0 Å². The molecule has 0 atom stereocenters. The predicted molar refractivity (Wildman–Crippen MR) is 96.0 cm³/mol. The van der Waals surface area contributed by atoms with Gasteiger partial charge in [0.05, 0.1) is 13.2 Å². The average Bonchev–Trinajstić information content (AvgIpc) is 2.53. The average molecular weight is 353 g/mol. The Bertz CT molecular complexity index is 256. The SMILES string of the molecule is CCCOCC(CCC(Cl)Cl)(COCCC)C1CCCCC1. The molecule has 1 saturated carbocycles. The van der Waals surface area contributed by atoms with E-state index in [1.165, 1.54) is 32.1 Å². The second-order valence-corrected chi connectivity index (χ2v) is 8.01. The quantitative estimate of drug-likeness (QED) is 0.317. The van der Waals surface area contributed by atoms with Gasteiger partial charge in [0, 0.05) is 18.6 Å². The van der Waals surface area contributed by atoms with Crippen molar-refractivity contribution in [3.63, 3.8) is 0 Å². The summed E-state index contributed by atoms with van der Waals surface area (Å²) < 4.78 is 12.0. The Morgan fingerprint density at radius 1 is 0.955 bits per heavy atom. The van der Waals surface area contributed by atoms with Crippen molar-refractivity contribution < 1.29 is 9.47 Å². The summed E-state index contributed by atoms with van der Waals surface area (Å²) in [6.45, 7) is 7.54. The van der Waals surface area contributed by atoms with Gasteiger partial charge in [-0.25, -0.2) is 0 Å². The topological polar surface area (TPSA) is 18.5 Å². The van der Waals surface area contributed by atoms with Crippen LogP contribution in [0, 0.1) is 11.3 Å². The van der Waals surface area contributed by atoms with Crippen LogP contribution in [0.5, 0.6) is 0 Å². The van der Waals surface area contributed by atoms with Crippen LogP contribution >= 0.6 is 23.2 Å². The highest BCUT2D eigenvalue weighted by Gasteiger charge is 2.39. The molecule has 0 aromatic carbocycles. The first-order valence-electron chi connectivity index (χ1n) is 9.08. The molecular formula is C18H34Cl2O2. The molecule has 0 heterocycles. The van der Waals surface area contributed by atoms with E-state index < -0.39 is 0 Å². The molecule has 1 fully saturated rings. The van der Waals surface area contributed by atoms with Gasteiger partial charge in [0.25, 0.3) is 0 Å². The minimum Gasteiger partial charge on any atom is -0.381 e. The van der Waals surface area contributed by atoms with E-state index in [-0.39, 0.29) is 10.3 Å². The van der Waals surface area contributed by atoms with E-state index in [2.05, 4.69) is 13.8 Å². The number of alkyl halides is 2. The zero-order valence-electron chi connectivity index (χ0n) is 14.4. The van der Waals surface area contributed by atoms with E-state index in [4.69, 9.17) is 32.7 Å². The molecule has 132 valence electrons. The number of ether oxygens (including phenoxy) is 2. The summed E-state index contributed by atoms with van der Waals surface area (Å²) in [5, 5.41) is 0. The van der Waals surface area contributed by atoms with E-state index in [0.29, 0.717) is 5.92 Å². The summed E-state index contributed by atoms with van der Waals surface area (Å²) in [6.07, 6.45) is 10.6. The largest absolute Gasteiger partial charge is 0.381 e. The first-order valence-corrected chi connectivity index (χ1v) is 9.95. The normalized spacial score (nSPS) is 17.3. The zero-order chi connectivity index (χ0) is 16.3. The van der Waals surface area contributed by atoms with Gasteiger partial charge in [0.15, 0.2) is 0 Å². The third-order valence-corrected chi connectivity index (χ3v) is 5.24. The van der Waals surface area contributed by atoms with E-state index in [9.17, 15) is 0 Å². The predicted octanol–water partition coefficient (Wildman–Crippen LogP) is 5.99. The van der Waals surface area contributed by atoms with Crippen LogP contribution in [0.25, 0.3) is 0 Å². The maximum absolute atomic E-state index is 6.03. The third kappa shape index (κ3) is 7.38. The van der Waals surface area contributed by atoms with E-state index in [1.807, 2.05) is 0 Å². The summed E-state index contributed by atoms with van der Waals surface area (Å²) in [4.78, 5) is -0.291. The summed E-state index contributed by atoms with van der Waals surface area (Å²) in [5.74, 6) is 0.682. The highest BCUT2D eigenvalue weighted by Crippen LogP contribution is 2.43. The lowest BCUT2D eigenvalue weighted by Crippen LogP contribution is -2.41. The molecule has 4 heteroatoms. The number of rotatable bonds is 12. The van der Waals surface area contributed by atoms with Crippen LogP contribution in [-0.4, -0.2) is 31.3 Å². The molecule has 1 rings (SSSR count). The van der Waals surface area contributed by atoms with Crippen molar-refractivity contribution in [1.29, 1.82) is 0 Å². The molecule has 0 saturated heterocycles. The van der Waals surface area contributed by atoms with Crippen molar-refractivity contribution in [3.05, 3.63) is 0 Å². The van der Waals surface area contributed by atoms with Gasteiger partial charge >= 0.3 is 0 Å². The smallest absolute Gasteiger partial charge is 0.107 e. The van der Waals surface area contributed by atoms with Gasteiger partial charge < -0.3 is 9.47 Å². The fourth-order valence-electron chi connectivity index (χ4n) is 3.58. The standard InChI is InChI=1S/C18H34Cl2O2/c1-3-12-21-14-18(11-10-17(19)20,15-22-13-4-2)16-8-6-5-7-9-16/h16-17H,3-15H2,1-2H3. The maximum Gasteiger partial charge on any atom is 0.107 e. The Kier molecular flexibility index (Phi) is 11.2. The molecule has 0 aromatic heterocycles. The van der Waals surface area contributed by atoms with Crippen molar-refractivity contribution in [3.8, 4) is 0 Å². The Balaban J connectivity index is 2.76. The molecule has 0 aliphatic heterocycles. The Morgan fingerprint density at radius 3 is 1.95 bits per heavy atom. The van der Waals surface area contributed by atoms with Gasteiger partial charge in [-0.05, 0) is 44.4 Å². The van der Waals surface area contributed by atoms with Gasteiger partial charge in [-0.2, -0.15) is 0 Å². The van der Waals surface area contributed by atoms with Gasteiger partial charge in [0.1, 0.15) is 4.84 Å². The Labute approximate surface area is 147 Å². The minimum absolute atomic E-state index is 0.0901. The lowest BCUT2D eigenvalue weighted by molar-refractivity contribution is -0.0698. The second kappa shape index (κ2) is 11.9. The molecule has 0 radical (unpaired) electrons. The van der Waals surface area contributed by atoms with Crippen molar-refractivity contribution in [2.75, 3.05) is 26.4 Å². The fourth-order valence-corrected chi connectivity index (χ4v) is 3.80. The molecule has 0 bridgehead atoms. The molecule has 0 N–H and O–H groups in total. The molecule has 0 unspecified atom stereocenters. The van der Waals surface area contributed by atoms with Gasteiger partial charge in [0.2, 0.25) is 0 Å². The minimum atomic E-state index is -0.291. The summed E-state index contributed by atoms with van der Waals surface area (Å²) in [6, 6.07) is 0. The first kappa shape index (κ1) is 20.5. The Hall–Kier alpha value is 0.500. The zero-order valence-corrected chi connectivity index (χ0v) is 15.9. The van der Waals surface area contributed by atoms with E-state index in [1.54, 1.807) is 0 Å². The third-order valence-electron chi connectivity index (χ3n) is 4.81. The van der Waals surface area contributed by atoms with Crippen LogP contribution in [0.3, 0.4) is 0 Å². The molecule has 0 amide bonds. The lowest BCUT2D eigenvalue weighted by atomic mass is 9.67. The van der Waals surface area contributed by atoms with Crippen LogP contribution in [0.2, 0.25) is 0 Å². The van der Waals surface area contributed by atoms with Crippen molar-refractivity contribution in [2.45, 2.75) is 76.5 Å². The highest BCUT2D eigenvalue weighted by molar-refractivity contribution is 6.44. The van der Waals surface area contributed by atoms with Crippen LogP contribution in [0.4, 0.5) is 0 Å². The van der Waals surface area contributed by atoms with Crippen LogP contribution in [-0.2, 0) is 9.47 Å². The van der Waals surface area contributed by atoms with Crippen LogP contribution in [0.1, 0.15) is 71.6 Å². The molecule has 0 aromatic rings. The van der Waals surface area contributed by atoms with Crippen LogP contribution in [0.15, 0.2) is 0 Å². The maximum atomic E-state index is 6.03. The summed E-state index contributed by atoms with van der Waals surface area (Å²) in [5.41, 5.74) is 0.0901. The van der Waals surface area contributed by atoms with Crippen LogP contribution < -0.4 is 0 Å². The van der Waals surface area contributed by atoms with E-state index in [0.717, 1.165) is 52.1 Å². The van der Waals surface area contributed by atoms with E-state index >= 15 is 0 Å². The van der Waals surface area contributed by atoms with Crippen molar-refractivity contribution in [2.24, 2.45) is 11.3 Å². The Morgan fingerprint density at radius 2 is 1.50 bits per heavy atom. The fraction of sp³-hybridized carbons (Fsp3) is 1.00. The first-order chi connectivity index (χ1) is 10.6. The monoisotopic (exact) mass is 352 g/mol. The molecule has 1 aliphatic rings. The van der Waals surface area contributed by atoms with Gasteiger partial charge in [-0.1, -0.05) is 33.1 Å². The lowest BCUT2D eigenvalue weighted by Gasteiger charge is -2.43. The van der Waals surface area contributed by atoms with Crippen molar-refractivity contribution >= 4 is 23.2 Å². The van der Waals surface area contributed by atoms with Gasteiger partial charge in [-0.15, -0.1) is 23.2 Å². The summed E-state index contributed by atoms with van der Waals surface area (Å²) >= 11 is 12.1. The number of hydrogen-bond donors (Lipinski definition) is 0. The highest BCUT2D eigenvalue weighted by atomic mass is 35.5. The molecular weight excluding hydrogens is 319 g/mol. The van der Waals surface area contributed by atoms with Gasteiger partial charge in [-0.3, -0.25) is 0 Å². The number of hydrogen-bond acceptors (Lipinski definition) is 2.